The summed E-state index contributed by atoms with van der Waals surface area (Å²) in [5.41, 5.74) is 0.684. The molecule has 4 aromatic rings. The van der Waals surface area contributed by atoms with Gasteiger partial charge in [-0.05, 0) is 82.0 Å². The van der Waals surface area contributed by atoms with Crippen LogP contribution >= 0.6 is 23.2 Å². The Labute approximate surface area is 304 Å². The molecule has 2 aliphatic rings. The van der Waals surface area contributed by atoms with Gasteiger partial charge in [0.05, 0.1) is 5.34 Å². The van der Waals surface area contributed by atoms with E-state index in [1.807, 2.05) is 24.3 Å². The minimum absolute atomic E-state index is 0. The Bertz CT molecular complexity index is 1790. The molecule has 0 unspecified atom stereocenters. The summed E-state index contributed by atoms with van der Waals surface area (Å²) in [5.74, 6) is -4.23. The van der Waals surface area contributed by atoms with Crippen LogP contribution in [0.3, 0.4) is 0 Å². The predicted molar refractivity (Wildman–Crippen MR) is 176 cm³/mol. The van der Waals surface area contributed by atoms with Crippen molar-refractivity contribution in [2.45, 2.75) is 37.3 Å². The topological polar surface area (TPSA) is 70.8 Å². The fourth-order valence-electron chi connectivity index (χ4n) is 6.74. The van der Waals surface area contributed by atoms with Crippen LogP contribution in [0.15, 0.2) is 131 Å². The van der Waals surface area contributed by atoms with Crippen molar-refractivity contribution in [3.63, 3.8) is 0 Å². The Hall–Kier alpha value is -4.05. The van der Waals surface area contributed by atoms with Crippen LogP contribution in [0, 0.1) is 0 Å². The average Bonchev–Trinajstić information content (AvgIpc) is 3.49. The second kappa shape index (κ2) is 14.7. The van der Waals surface area contributed by atoms with Crippen molar-refractivity contribution >= 4 is 34.6 Å². The Balaban J connectivity index is 0.00000136. The van der Waals surface area contributed by atoms with Gasteiger partial charge in [0.2, 0.25) is 0 Å². The number of aliphatic imine (C=N–C) groups is 2. The van der Waals surface area contributed by atoms with Crippen LogP contribution < -0.4 is 10.2 Å². The second-order valence-electron chi connectivity index (χ2n) is 11.2. The molecule has 0 saturated heterocycles. The van der Waals surface area contributed by atoms with Gasteiger partial charge < -0.3 is 10.2 Å². The number of fused-ring (bicyclic) bond motifs is 6. The van der Waals surface area contributed by atoms with Gasteiger partial charge in [0.15, 0.2) is 0 Å². The average molecular weight is 774 g/mol. The summed E-state index contributed by atoms with van der Waals surface area (Å²) in [7, 11) is 0. The summed E-state index contributed by atoms with van der Waals surface area (Å²) in [4.78, 5) is 9.98. The van der Waals surface area contributed by atoms with E-state index >= 15 is 0 Å². The normalized spacial score (nSPS) is 16.3. The van der Waals surface area contributed by atoms with E-state index in [0.29, 0.717) is 56.7 Å². The number of alkyl halides is 8. The molecule has 0 radical (unpaired) electrons. The summed E-state index contributed by atoms with van der Waals surface area (Å²) in [6, 6.07) is 28.3. The van der Waals surface area contributed by atoms with Crippen LogP contribution in [0.5, 0.6) is 0 Å². The second-order valence-corrected chi connectivity index (χ2v) is 12.0. The number of halogens is 8. The molecule has 50 heavy (non-hydrogen) atoms. The molecule has 0 spiro atoms. The quantitative estimate of drug-likeness (QED) is 0.0669. The van der Waals surface area contributed by atoms with E-state index in [9.17, 15) is 36.6 Å². The first-order chi connectivity index (χ1) is 23.1. The van der Waals surface area contributed by atoms with Crippen LogP contribution in [0.2, 0.25) is 0 Å². The molecule has 4 aromatic carbocycles. The fourth-order valence-corrected chi connectivity index (χ4v) is 6.74. The summed E-state index contributed by atoms with van der Waals surface area (Å²) in [6.07, 6.45) is -9.52. The third-order valence-corrected chi connectivity index (χ3v) is 8.30. The fraction of sp³-hybridized carbons (Fsp3) is 0.189. The van der Waals surface area contributed by atoms with Gasteiger partial charge in [-0.3, -0.25) is 9.98 Å². The number of allylic oxidation sites excluding steroid dienone is 4. The maximum Gasteiger partial charge on any atom is 2.00 e. The Kier molecular flexibility index (Phi) is 11.4. The summed E-state index contributed by atoms with van der Waals surface area (Å²) < 4.78 is 80.8. The number of hydrogen-bond acceptors (Lipinski definition) is 4. The van der Waals surface area contributed by atoms with Crippen LogP contribution in [-0.4, -0.2) is 29.1 Å². The number of benzene rings is 4. The zero-order valence-corrected chi connectivity index (χ0v) is 28.6. The van der Waals surface area contributed by atoms with Crippen molar-refractivity contribution < 1.29 is 53.0 Å². The van der Waals surface area contributed by atoms with Crippen molar-refractivity contribution in [2.24, 2.45) is 9.98 Å². The van der Waals surface area contributed by atoms with Gasteiger partial charge in [-0.1, -0.05) is 97.1 Å². The molecular weight excluding hydrogens is 748 g/mol. The number of hydrogen-bond donors (Lipinski definition) is 0. The zero-order chi connectivity index (χ0) is 35.8. The first-order valence-corrected chi connectivity index (χ1v) is 15.8. The molecule has 13 heteroatoms. The molecule has 0 heterocycles. The van der Waals surface area contributed by atoms with Crippen LogP contribution in [0.1, 0.15) is 36.1 Å². The SMILES string of the molecule is CC(/C=C(\[O-])C(F)(F)F)=NC1(C2(N=C(C)/C=C(\[O-])C(F)(F)F)c3ccccc3-c3ccccc32)c2ccccc2-c2ccccc21.ClCCl.[Ni+2]. The molecule has 0 amide bonds. The largest absolute Gasteiger partial charge is 2.00 e. The van der Waals surface area contributed by atoms with Crippen LogP contribution in [-0.2, 0) is 27.6 Å². The molecule has 6 rings (SSSR count). The van der Waals surface area contributed by atoms with E-state index in [-0.39, 0.29) is 33.3 Å². The minimum Gasteiger partial charge on any atom is -0.869 e. The number of rotatable bonds is 5. The van der Waals surface area contributed by atoms with Gasteiger partial charge in [-0.15, -0.1) is 23.2 Å². The van der Waals surface area contributed by atoms with Gasteiger partial charge in [-0.2, -0.15) is 26.3 Å². The molecule has 0 aliphatic heterocycles. The third kappa shape index (κ3) is 6.59. The van der Waals surface area contributed by atoms with E-state index in [1.165, 1.54) is 13.8 Å². The van der Waals surface area contributed by atoms with Crippen LogP contribution in [0.25, 0.3) is 22.3 Å². The van der Waals surface area contributed by atoms with E-state index in [0.717, 1.165) is 0 Å². The van der Waals surface area contributed by atoms with Crippen molar-refractivity contribution in [3.05, 3.63) is 143 Å². The third-order valence-electron chi connectivity index (χ3n) is 8.30. The maximum atomic E-state index is 13.5. The van der Waals surface area contributed by atoms with Gasteiger partial charge in [0.25, 0.3) is 0 Å². The summed E-state index contributed by atoms with van der Waals surface area (Å²) >= 11 is 9.53. The molecule has 0 aromatic heterocycles. The first kappa shape index (κ1) is 38.8. The molecule has 0 bridgehead atoms. The Morgan fingerprint density at radius 2 is 0.780 bits per heavy atom. The molecular formula is C37H26Cl2F6N2NiO2. The number of nitrogens with zero attached hydrogens (tertiary/aromatic N) is 2. The van der Waals surface area contributed by atoms with Crippen molar-refractivity contribution in [2.75, 3.05) is 5.34 Å². The standard InChI is InChI=1S/C36H26F6N2O2.CH2Cl2.Ni/c1-21(19-31(45)35(37,38)39)43-33(27-15-7-3-11-23(27)24-12-4-8-16-28(24)33)34(44-22(2)20-32(46)36(40,41)42)29-17-9-5-13-25(29)26-14-6-10-18-30(26)34;2-1-3;/h3-20,45-46H,1-2H3;1H2;/q;;+2/p-2/b31-19-,32-20-,43-21?,44-22?;;. The van der Waals surface area contributed by atoms with Crippen molar-refractivity contribution in [1.29, 1.82) is 0 Å². The predicted octanol–water partition coefficient (Wildman–Crippen LogP) is 8.79. The molecule has 262 valence electrons. The molecule has 0 atom stereocenters. The van der Waals surface area contributed by atoms with Gasteiger partial charge >= 0.3 is 28.8 Å². The smallest absolute Gasteiger partial charge is 0.869 e. The zero-order valence-electron chi connectivity index (χ0n) is 26.2. The monoisotopic (exact) mass is 772 g/mol. The van der Waals surface area contributed by atoms with Gasteiger partial charge in [-0.25, -0.2) is 0 Å². The Morgan fingerprint density at radius 3 is 1.00 bits per heavy atom. The van der Waals surface area contributed by atoms with E-state index < -0.39 is 34.9 Å². The molecule has 4 nitrogen and oxygen atoms in total. The van der Waals surface area contributed by atoms with E-state index in [4.69, 9.17) is 33.2 Å². The molecule has 0 fully saturated rings. The van der Waals surface area contributed by atoms with Gasteiger partial charge in [0, 0.05) is 11.4 Å². The molecule has 0 N–H and O–H groups in total. The summed E-state index contributed by atoms with van der Waals surface area (Å²) in [5, 5.41) is 24.6. The summed E-state index contributed by atoms with van der Waals surface area (Å²) in [6.45, 7) is 2.54. The van der Waals surface area contributed by atoms with E-state index in [2.05, 4.69) is 0 Å². The maximum absolute atomic E-state index is 13.5. The Morgan fingerprint density at radius 1 is 0.560 bits per heavy atom. The molecule has 2 aliphatic carbocycles. The van der Waals surface area contributed by atoms with Crippen molar-refractivity contribution in [3.8, 4) is 22.3 Å². The first-order valence-electron chi connectivity index (χ1n) is 14.7. The van der Waals surface area contributed by atoms with Gasteiger partial charge in [0.1, 0.15) is 11.1 Å². The minimum atomic E-state index is -5.17. The van der Waals surface area contributed by atoms with E-state index in [1.54, 1.807) is 72.8 Å². The van der Waals surface area contributed by atoms with Crippen molar-refractivity contribution in [1.82, 2.24) is 0 Å². The molecule has 0 saturated carbocycles. The van der Waals surface area contributed by atoms with Crippen LogP contribution in [0.4, 0.5) is 26.3 Å².